The fourth-order valence-corrected chi connectivity index (χ4v) is 2.42. The Bertz CT molecular complexity index is 481. The van der Waals surface area contributed by atoms with Crippen molar-refractivity contribution < 1.29 is 14.0 Å². The minimum Gasteiger partial charge on any atom is -0.312 e. The first-order valence-corrected chi connectivity index (χ1v) is 6.61. The Labute approximate surface area is 112 Å². The molecule has 4 heteroatoms. The van der Waals surface area contributed by atoms with E-state index in [2.05, 4.69) is 0 Å². The van der Waals surface area contributed by atoms with E-state index >= 15 is 0 Å². The van der Waals surface area contributed by atoms with E-state index in [0.29, 0.717) is 18.7 Å². The van der Waals surface area contributed by atoms with Gasteiger partial charge in [-0.3, -0.25) is 9.59 Å². The summed E-state index contributed by atoms with van der Waals surface area (Å²) < 4.78 is 12.9. The van der Waals surface area contributed by atoms with Crippen LogP contribution in [0.5, 0.6) is 0 Å². The topological polar surface area (TPSA) is 37.4 Å². The van der Waals surface area contributed by atoms with Crippen LogP contribution in [0.4, 0.5) is 10.1 Å². The number of carbonyl (C=O) groups excluding carboxylic acids is 2. The zero-order valence-electron chi connectivity index (χ0n) is 11.2. The van der Waals surface area contributed by atoms with Crippen LogP contribution in [0.2, 0.25) is 0 Å². The number of benzene rings is 1. The molecule has 1 aliphatic heterocycles. The molecule has 0 N–H and O–H groups in total. The van der Waals surface area contributed by atoms with Crippen molar-refractivity contribution >= 4 is 17.4 Å². The molecule has 0 saturated carbocycles. The van der Waals surface area contributed by atoms with Gasteiger partial charge in [-0.2, -0.15) is 0 Å². The second-order valence-electron chi connectivity index (χ2n) is 5.22. The van der Waals surface area contributed by atoms with Crippen molar-refractivity contribution in [2.75, 3.05) is 11.4 Å². The molecule has 0 spiro atoms. The Morgan fingerprint density at radius 2 is 1.95 bits per heavy atom. The van der Waals surface area contributed by atoms with Crippen molar-refractivity contribution in [1.29, 1.82) is 0 Å². The minimum atomic E-state index is -0.543. The second kappa shape index (κ2) is 5.51. The minimum absolute atomic E-state index is 0.00295. The molecule has 2 rings (SSSR count). The van der Waals surface area contributed by atoms with Crippen molar-refractivity contribution in [1.82, 2.24) is 0 Å². The van der Waals surface area contributed by atoms with Crippen molar-refractivity contribution in [3.05, 3.63) is 30.1 Å². The number of nitrogens with zero attached hydrogens (tertiary/aromatic N) is 1. The standard InChI is InChI=1S/C15H18FNO2/c1-10(2)14(18)13-4-3-9-17(15(13)19)12-7-5-11(16)6-8-12/h5-8,10,13H,3-4,9H2,1-2H3/t13-/m0/s1. The molecule has 0 bridgehead atoms. The first kappa shape index (κ1) is 13.7. The van der Waals surface area contributed by atoms with Crippen molar-refractivity contribution in [2.45, 2.75) is 26.7 Å². The predicted octanol–water partition coefficient (Wildman–Crippen LogP) is 2.79. The summed E-state index contributed by atoms with van der Waals surface area (Å²) in [5.41, 5.74) is 0.660. The van der Waals surface area contributed by atoms with Crippen LogP contribution in [0.1, 0.15) is 26.7 Å². The summed E-state index contributed by atoms with van der Waals surface area (Å²) in [7, 11) is 0. The van der Waals surface area contributed by atoms with Crippen LogP contribution in [-0.2, 0) is 9.59 Å². The van der Waals surface area contributed by atoms with Gasteiger partial charge < -0.3 is 4.90 Å². The number of piperidine rings is 1. The lowest BCUT2D eigenvalue weighted by Gasteiger charge is -2.32. The fourth-order valence-electron chi connectivity index (χ4n) is 2.42. The predicted molar refractivity (Wildman–Crippen MR) is 71.3 cm³/mol. The van der Waals surface area contributed by atoms with Gasteiger partial charge in [0.1, 0.15) is 11.6 Å². The Morgan fingerprint density at radius 1 is 1.32 bits per heavy atom. The molecule has 0 aliphatic carbocycles. The van der Waals surface area contributed by atoms with Crippen LogP contribution in [0.3, 0.4) is 0 Å². The molecule has 102 valence electrons. The summed E-state index contributed by atoms with van der Waals surface area (Å²) in [6.07, 6.45) is 1.42. The van der Waals surface area contributed by atoms with Crippen LogP contribution in [-0.4, -0.2) is 18.2 Å². The second-order valence-corrected chi connectivity index (χ2v) is 5.22. The van der Waals surface area contributed by atoms with Gasteiger partial charge in [-0.05, 0) is 37.1 Å². The zero-order valence-corrected chi connectivity index (χ0v) is 11.2. The van der Waals surface area contributed by atoms with Gasteiger partial charge in [0.15, 0.2) is 0 Å². The molecule has 1 saturated heterocycles. The van der Waals surface area contributed by atoms with E-state index < -0.39 is 5.92 Å². The number of hydrogen-bond donors (Lipinski definition) is 0. The third-order valence-corrected chi connectivity index (χ3v) is 3.49. The highest BCUT2D eigenvalue weighted by Gasteiger charge is 2.35. The lowest BCUT2D eigenvalue weighted by molar-refractivity contribution is -0.135. The number of amides is 1. The van der Waals surface area contributed by atoms with Crippen LogP contribution in [0.15, 0.2) is 24.3 Å². The van der Waals surface area contributed by atoms with Gasteiger partial charge >= 0.3 is 0 Å². The molecule has 1 aliphatic rings. The first-order valence-electron chi connectivity index (χ1n) is 6.61. The summed E-state index contributed by atoms with van der Waals surface area (Å²) in [6, 6.07) is 5.82. The average molecular weight is 263 g/mol. The van der Waals surface area contributed by atoms with Crippen LogP contribution >= 0.6 is 0 Å². The number of hydrogen-bond acceptors (Lipinski definition) is 2. The van der Waals surface area contributed by atoms with Crippen LogP contribution in [0.25, 0.3) is 0 Å². The molecule has 1 amide bonds. The van der Waals surface area contributed by atoms with Gasteiger partial charge in [0.25, 0.3) is 0 Å². The quantitative estimate of drug-likeness (QED) is 0.786. The summed E-state index contributed by atoms with van der Waals surface area (Å²) in [4.78, 5) is 26.0. The lowest BCUT2D eigenvalue weighted by Crippen LogP contribution is -2.45. The van der Waals surface area contributed by atoms with E-state index in [-0.39, 0.29) is 23.4 Å². The fraction of sp³-hybridized carbons (Fsp3) is 0.467. The molecule has 0 aromatic heterocycles. The highest BCUT2D eigenvalue weighted by molar-refractivity contribution is 6.09. The summed E-state index contributed by atoms with van der Waals surface area (Å²) in [5.74, 6) is -1.17. The summed E-state index contributed by atoms with van der Waals surface area (Å²) in [6.45, 7) is 4.21. The van der Waals surface area contributed by atoms with Gasteiger partial charge in [-0.15, -0.1) is 0 Å². The first-order chi connectivity index (χ1) is 9.00. The summed E-state index contributed by atoms with van der Waals surface area (Å²) >= 11 is 0. The van der Waals surface area contributed by atoms with Gasteiger partial charge in [0, 0.05) is 18.2 Å². The largest absolute Gasteiger partial charge is 0.312 e. The number of rotatable bonds is 3. The van der Waals surface area contributed by atoms with E-state index in [4.69, 9.17) is 0 Å². The van der Waals surface area contributed by atoms with Gasteiger partial charge in [0.2, 0.25) is 5.91 Å². The van der Waals surface area contributed by atoms with Crippen LogP contribution in [0, 0.1) is 17.7 Å². The highest BCUT2D eigenvalue weighted by Crippen LogP contribution is 2.26. The van der Waals surface area contributed by atoms with Crippen molar-refractivity contribution in [3.8, 4) is 0 Å². The molecule has 1 aromatic rings. The SMILES string of the molecule is CC(C)C(=O)[C@@H]1CCCN(c2ccc(F)cc2)C1=O. The Balaban J connectivity index is 2.21. The molecule has 19 heavy (non-hydrogen) atoms. The Morgan fingerprint density at radius 3 is 2.53 bits per heavy atom. The highest BCUT2D eigenvalue weighted by atomic mass is 19.1. The third kappa shape index (κ3) is 2.83. The maximum atomic E-state index is 12.9. The molecular formula is C15H18FNO2. The maximum absolute atomic E-state index is 12.9. The molecule has 0 radical (unpaired) electrons. The van der Waals surface area contributed by atoms with Crippen molar-refractivity contribution in [3.63, 3.8) is 0 Å². The molecule has 0 unspecified atom stereocenters. The molecule has 1 fully saturated rings. The smallest absolute Gasteiger partial charge is 0.237 e. The van der Waals surface area contributed by atoms with Crippen molar-refractivity contribution in [2.24, 2.45) is 11.8 Å². The average Bonchev–Trinajstić information content (AvgIpc) is 2.39. The van der Waals surface area contributed by atoms with E-state index in [1.54, 1.807) is 17.0 Å². The summed E-state index contributed by atoms with van der Waals surface area (Å²) in [5, 5.41) is 0. The van der Waals surface area contributed by atoms with E-state index in [1.165, 1.54) is 12.1 Å². The molecule has 1 heterocycles. The normalized spacial score (nSPS) is 19.9. The Hall–Kier alpha value is -1.71. The number of halogens is 1. The number of carbonyl (C=O) groups is 2. The molecule has 3 nitrogen and oxygen atoms in total. The maximum Gasteiger partial charge on any atom is 0.237 e. The van der Waals surface area contributed by atoms with Gasteiger partial charge in [0.05, 0.1) is 5.92 Å². The molecule has 1 aromatic carbocycles. The monoisotopic (exact) mass is 263 g/mol. The van der Waals surface area contributed by atoms with Gasteiger partial charge in [-0.1, -0.05) is 13.8 Å². The zero-order chi connectivity index (χ0) is 14.0. The molecular weight excluding hydrogens is 245 g/mol. The number of anilines is 1. The van der Waals surface area contributed by atoms with Crippen LogP contribution < -0.4 is 4.90 Å². The van der Waals surface area contributed by atoms with E-state index in [0.717, 1.165) is 6.42 Å². The number of ketones is 1. The van der Waals surface area contributed by atoms with E-state index in [1.807, 2.05) is 13.8 Å². The Kier molecular flexibility index (Phi) is 3.98. The number of Topliss-reactive ketones (excluding diaryl/α,β-unsaturated/α-hetero) is 1. The van der Waals surface area contributed by atoms with E-state index in [9.17, 15) is 14.0 Å². The third-order valence-electron chi connectivity index (χ3n) is 3.49. The molecule has 1 atom stereocenters. The van der Waals surface area contributed by atoms with Gasteiger partial charge in [-0.25, -0.2) is 4.39 Å². The lowest BCUT2D eigenvalue weighted by atomic mass is 9.87.